The van der Waals surface area contributed by atoms with Crippen LogP contribution in [-0.4, -0.2) is 19.4 Å². The highest BCUT2D eigenvalue weighted by Gasteiger charge is 2.03. The summed E-state index contributed by atoms with van der Waals surface area (Å²) in [6.07, 6.45) is 48.1. The maximum absolute atomic E-state index is 11.7. The zero-order valence-corrected chi connectivity index (χ0v) is 26.5. The minimum atomic E-state index is -0.500. The van der Waals surface area contributed by atoms with Gasteiger partial charge < -0.3 is 9.47 Å². The molecular formula is C37H64O3. The Morgan fingerprint density at radius 2 is 0.825 bits per heavy atom. The van der Waals surface area contributed by atoms with Gasteiger partial charge in [0.2, 0.25) is 0 Å². The summed E-state index contributed by atoms with van der Waals surface area (Å²) in [6.45, 7) is 5.43. The normalized spacial score (nSPS) is 12.2. The van der Waals surface area contributed by atoms with Gasteiger partial charge in [-0.2, -0.15) is 0 Å². The quantitative estimate of drug-likeness (QED) is 0.0398. The predicted molar refractivity (Wildman–Crippen MR) is 176 cm³/mol. The van der Waals surface area contributed by atoms with Crippen LogP contribution >= 0.6 is 0 Å². The van der Waals surface area contributed by atoms with Crippen LogP contribution in [0.15, 0.2) is 60.8 Å². The van der Waals surface area contributed by atoms with Crippen LogP contribution in [-0.2, 0) is 9.47 Å². The Labute approximate surface area is 249 Å². The topological polar surface area (TPSA) is 35.5 Å². The zero-order valence-electron chi connectivity index (χ0n) is 26.5. The molecule has 0 aromatic rings. The average Bonchev–Trinajstić information content (AvgIpc) is 2.96. The second-order valence-electron chi connectivity index (χ2n) is 10.8. The van der Waals surface area contributed by atoms with Gasteiger partial charge in [0, 0.05) is 0 Å². The Morgan fingerprint density at radius 3 is 1.32 bits per heavy atom. The number of hydrogen-bond donors (Lipinski definition) is 0. The second kappa shape index (κ2) is 35.0. The van der Waals surface area contributed by atoms with E-state index in [1.54, 1.807) is 0 Å². The van der Waals surface area contributed by atoms with Gasteiger partial charge in [-0.25, -0.2) is 4.79 Å². The Bertz CT molecular complexity index is 656. The third-order valence-electron chi connectivity index (χ3n) is 6.88. The molecule has 3 nitrogen and oxygen atoms in total. The molecule has 230 valence electrons. The highest BCUT2D eigenvalue weighted by molar-refractivity contribution is 5.59. The van der Waals surface area contributed by atoms with Gasteiger partial charge >= 0.3 is 6.16 Å². The smallest absolute Gasteiger partial charge is 0.434 e. The van der Waals surface area contributed by atoms with E-state index in [-0.39, 0.29) is 0 Å². The van der Waals surface area contributed by atoms with E-state index in [1.165, 1.54) is 103 Å². The van der Waals surface area contributed by atoms with Gasteiger partial charge in [0.1, 0.15) is 0 Å². The largest absolute Gasteiger partial charge is 0.508 e. The summed E-state index contributed by atoms with van der Waals surface area (Å²) in [4.78, 5) is 11.7. The second-order valence-corrected chi connectivity index (χ2v) is 10.8. The lowest BCUT2D eigenvalue weighted by atomic mass is 10.1. The zero-order chi connectivity index (χ0) is 29.0. The Morgan fingerprint density at radius 1 is 0.425 bits per heavy atom. The van der Waals surface area contributed by atoms with Gasteiger partial charge in [0.05, 0.1) is 13.2 Å². The van der Waals surface area contributed by atoms with Crippen LogP contribution in [0.3, 0.4) is 0 Å². The van der Waals surface area contributed by atoms with Crippen molar-refractivity contribution in [3.8, 4) is 0 Å². The van der Waals surface area contributed by atoms with E-state index in [4.69, 9.17) is 9.47 Å². The highest BCUT2D eigenvalue weighted by atomic mass is 16.7. The molecule has 0 spiro atoms. The molecule has 3 heteroatoms. The van der Waals surface area contributed by atoms with Crippen molar-refractivity contribution in [1.82, 2.24) is 0 Å². The molecule has 0 rings (SSSR count). The first kappa shape index (κ1) is 38.0. The maximum Gasteiger partial charge on any atom is 0.508 e. The fourth-order valence-electron chi connectivity index (χ4n) is 4.31. The summed E-state index contributed by atoms with van der Waals surface area (Å²) < 4.78 is 10.4. The van der Waals surface area contributed by atoms with Crippen LogP contribution in [0, 0.1) is 0 Å². The Hall–Kier alpha value is -2.03. The van der Waals surface area contributed by atoms with Crippen molar-refractivity contribution in [3.63, 3.8) is 0 Å². The van der Waals surface area contributed by atoms with Gasteiger partial charge in [0.25, 0.3) is 0 Å². The Balaban J connectivity index is 3.31. The molecule has 0 aliphatic rings. The van der Waals surface area contributed by atoms with Gasteiger partial charge in [-0.3, -0.25) is 0 Å². The first-order valence-corrected chi connectivity index (χ1v) is 16.9. The lowest BCUT2D eigenvalue weighted by molar-refractivity contribution is 0.0529. The fraction of sp³-hybridized carbons (Fsp3) is 0.703. The minimum absolute atomic E-state index is 0.477. The standard InChI is InChI=1S/C37H64O3/c1-3-5-7-9-11-13-15-17-19-21-23-25-27-29-31-33-35-39-37(38)40-36-34-32-30-28-26-24-22-20-18-16-14-12-10-8-6-4-2/h9,11-15,17-20H,3-8,10,16,21-36H2,1-2H3. The fourth-order valence-corrected chi connectivity index (χ4v) is 4.31. The van der Waals surface area contributed by atoms with E-state index in [0.29, 0.717) is 13.2 Å². The third kappa shape index (κ3) is 34.0. The van der Waals surface area contributed by atoms with Crippen LogP contribution < -0.4 is 0 Å². The molecular weight excluding hydrogens is 492 g/mol. The van der Waals surface area contributed by atoms with Crippen molar-refractivity contribution in [3.05, 3.63) is 60.8 Å². The lowest BCUT2D eigenvalue weighted by Gasteiger charge is -2.06. The van der Waals surface area contributed by atoms with Crippen molar-refractivity contribution in [2.75, 3.05) is 13.2 Å². The van der Waals surface area contributed by atoms with Gasteiger partial charge in [-0.15, -0.1) is 0 Å². The van der Waals surface area contributed by atoms with Crippen molar-refractivity contribution in [1.29, 1.82) is 0 Å². The van der Waals surface area contributed by atoms with Crippen LogP contribution in [0.2, 0.25) is 0 Å². The van der Waals surface area contributed by atoms with Crippen LogP contribution in [0.25, 0.3) is 0 Å². The maximum atomic E-state index is 11.7. The van der Waals surface area contributed by atoms with Crippen LogP contribution in [0.4, 0.5) is 4.79 Å². The van der Waals surface area contributed by atoms with E-state index in [9.17, 15) is 4.79 Å². The molecule has 0 fully saturated rings. The summed E-state index contributed by atoms with van der Waals surface area (Å²) in [5.41, 5.74) is 0. The molecule has 0 saturated carbocycles. The SMILES string of the molecule is CCCCC=CC=CC=CCCCCCCCCOC(=O)OCCCCCCCCC=CCC=CCCCCC. The van der Waals surface area contributed by atoms with Crippen molar-refractivity contribution >= 4 is 6.16 Å². The molecule has 0 amide bonds. The number of ether oxygens (including phenoxy) is 2. The summed E-state index contributed by atoms with van der Waals surface area (Å²) in [5.74, 6) is 0. The molecule has 40 heavy (non-hydrogen) atoms. The molecule has 0 aliphatic heterocycles. The number of rotatable bonds is 29. The molecule has 0 aromatic carbocycles. The van der Waals surface area contributed by atoms with E-state index < -0.39 is 6.16 Å². The molecule has 0 bridgehead atoms. The monoisotopic (exact) mass is 556 g/mol. The number of carbonyl (C=O) groups excluding carboxylic acids is 1. The van der Waals surface area contributed by atoms with E-state index in [2.05, 4.69) is 74.6 Å². The van der Waals surface area contributed by atoms with Crippen molar-refractivity contribution in [2.24, 2.45) is 0 Å². The number of carbonyl (C=O) groups is 1. The third-order valence-corrected chi connectivity index (χ3v) is 6.88. The molecule has 0 N–H and O–H groups in total. The first-order chi connectivity index (χ1) is 19.8. The molecule has 0 radical (unpaired) electrons. The summed E-state index contributed by atoms with van der Waals surface area (Å²) in [7, 11) is 0. The van der Waals surface area contributed by atoms with E-state index in [0.717, 1.165) is 38.5 Å². The number of unbranched alkanes of at least 4 members (excludes halogenated alkanes) is 17. The predicted octanol–water partition coefficient (Wildman–Crippen LogP) is 12.5. The van der Waals surface area contributed by atoms with Crippen LogP contribution in [0.5, 0.6) is 0 Å². The van der Waals surface area contributed by atoms with Crippen molar-refractivity contribution < 1.29 is 14.3 Å². The van der Waals surface area contributed by atoms with Gasteiger partial charge in [0.15, 0.2) is 0 Å². The molecule has 0 unspecified atom stereocenters. The summed E-state index contributed by atoms with van der Waals surface area (Å²) in [6, 6.07) is 0. The van der Waals surface area contributed by atoms with Gasteiger partial charge in [-0.05, 0) is 64.2 Å². The Kier molecular flexibility index (Phi) is 33.2. The minimum Gasteiger partial charge on any atom is -0.434 e. The van der Waals surface area contributed by atoms with E-state index >= 15 is 0 Å². The molecule has 0 saturated heterocycles. The average molecular weight is 557 g/mol. The molecule has 0 atom stereocenters. The van der Waals surface area contributed by atoms with Gasteiger partial charge in [-0.1, -0.05) is 152 Å². The number of allylic oxidation sites excluding steroid dienone is 10. The highest BCUT2D eigenvalue weighted by Crippen LogP contribution is 2.10. The van der Waals surface area contributed by atoms with Crippen molar-refractivity contribution in [2.45, 2.75) is 155 Å². The first-order valence-electron chi connectivity index (χ1n) is 16.9. The lowest BCUT2D eigenvalue weighted by Crippen LogP contribution is -2.09. The molecule has 0 aliphatic carbocycles. The summed E-state index contributed by atoms with van der Waals surface area (Å²) >= 11 is 0. The number of hydrogen-bond acceptors (Lipinski definition) is 3. The van der Waals surface area contributed by atoms with Crippen LogP contribution in [0.1, 0.15) is 155 Å². The molecule has 0 aromatic heterocycles. The summed E-state index contributed by atoms with van der Waals surface area (Å²) in [5, 5.41) is 0. The van der Waals surface area contributed by atoms with E-state index in [1.807, 2.05) is 0 Å². The molecule has 0 heterocycles.